The van der Waals surface area contributed by atoms with Crippen molar-refractivity contribution in [3.63, 3.8) is 0 Å². The number of aromatic nitrogens is 4. The Morgan fingerprint density at radius 3 is 2.72 bits per heavy atom. The van der Waals surface area contributed by atoms with Gasteiger partial charge in [0.05, 0.1) is 16.2 Å². The molecule has 0 radical (unpaired) electrons. The number of rotatable bonds is 1. The first-order chi connectivity index (χ1) is 8.65. The van der Waals surface area contributed by atoms with Crippen molar-refractivity contribution in [3.05, 3.63) is 45.5 Å². The highest BCUT2D eigenvalue weighted by Gasteiger charge is 2.10. The van der Waals surface area contributed by atoms with Crippen molar-refractivity contribution in [2.75, 3.05) is 0 Å². The lowest BCUT2D eigenvalue weighted by Gasteiger charge is -2.08. The molecule has 2 aromatic heterocycles. The van der Waals surface area contributed by atoms with Crippen molar-refractivity contribution >= 4 is 50.0 Å². The molecule has 1 aromatic carbocycles. The van der Waals surface area contributed by atoms with Gasteiger partial charge < -0.3 is 0 Å². The summed E-state index contributed by atoms with van der Waals surface area (Å²) in [4.78, 5) is 8.18. The standard InChI is InChI=1S/C11H5BrCl2N4/c12-7-2-9-6(1-8(7)13)10(3-11(14)17-9)18-5-15-4-16-18/h1-5H. The molecule has 0 aliphatic heterocycles. The average Bonchev–Trinajstić information content (AvgIpc) is 2.84. The Labute approximate surface area is 121 Å². The van der Waals surface area contributed by atoms with Gasteiger partial charge in [-0.2, -0.15) is 5.10 Å². The second-order valence-corrected chi connectivity index (χ2v) is 5.24. The molecule has 7 heteroatoms. The summed E-state index contributed by atoms with van der Waals surface area (Å²) in [5.41, 5.74) is 1.53. The van der Waals surface area contributed by atoms with Gasteiger partial charge in [-0.3, -0.25) is 0 Å². The van der Waals surface area contributed by atoms with E-state index in [4.69, 9.17) is 23.2 Å². The molecule has 18 heavy (non-hydrogen) atoms. The number of benzene rings is 1. The third-order valence-electron chi connectivity index (χ3n) is 2.46. The van der Waals surface area contributed by atoms with Crippen molar-refractivity contribution in [3.8, 4) is 5.69 Å². The fourth-order valence-corrected chi connectivity index (χ4v) is 2.38. The summed E-state index contributed by atoms with van der Waals surface area (Å²) in [6.07, 6.45) is 3.06. The van der Waals surface area contributed by atoms with E-state index in [2.05, 4.69) is 31.0 Å². The number of halogens is 3. The first-order valence-corrected chi connectivity index (χ1v) is 6.50. The molecular weight excluding hydrogens is 339 g/mol. The Kier molecular flexibility index (Phi) is 2.97. The van der Waals surface area contributed by atoms with Crippen molar-refractivity contribution in [2.45, 2.75) is 0 Å². The molecule has 0 atom stereocenters. The molecule has 0 amide bonds. The van der Waals surface area contributed by atoms with Crippen molar-refractivity contribution in [2.24, 2.45) is 0 Å². The minimum atomic E-state index is 0.391. The van der Waals surface area contributed by atoms with Crippen LogP contribution in [0.15, 0.2) is 35.3 Å². The second kappa shape index (κ2) is 4.50. The van der Waals surface area contributed by atoms with Crippen molar-refractivity contribution in [1.29, 1.82) is 0 Å². The van der Waals surface area contributed by atoms with Gasteiger partial charge in [-0.25, -0.2) is 14.6 Å². The molecule has 0 unspecified atom stereocenters. The van der Waals surface area contributed by atoms with Crippen LogP contribution in [0.3, 0.4) is 0 Å². The molecule has 3 rings (SSSR count). The molecule has 90 valence electrons. The predicted molar refractivity (Wildman–Crippen MR) is 74.4 cm³/mol. The van der Waals surface area contributed by atoms with E-state index in [1.807, 2.05) is 12.1 Å². The SMILES string of the molecule is Clc1cc(-n2cncn2)c2cc(Cl)c(Br)cc2n1. The smallest absolute Gasteiger partial charge is 0.138 e. The lowest BCUT2D eigenvalue weighted by atomic mass is 10.2. The number of hydrogen-bond acceptors (Lipinski definition) is 3. The summed E-state index contributed by atoms with van der Waals surface area (Å²) < 4.78 is 2.40. The highest BCUT2D eigenvalue weighted by atomic mass is 79.9. The number of hydrogen-bond donors (Lipinski definition) is 0. The van der Waals surface area contributed by atoms with Crippen LogP contribution >= 0.6 is 39.1 Å². The van der Waals surface area contributed by atoms with Crippen LogP contribution < -0.4 is 0 Å². The van der Waals surface area contributed by atoms with E-state index in [-0.39, 0.29) is 0 Å². The van der Waals surface area contributed by atoms with Gasteiger partial charge in [-0.05, 0) is 28.1 Å². The van der Waals surface area contributed by atoms with Gasteiger partial charge in [0.25, 0.3) is 0 Å². The van der Waals surface area contributed by atoms with Crippen LogP contribution in [0.4, 0.5) is 0 Å². The molecule has 0 bridgehead atoms. The predicted octanol–water partition coefficient (Wildman–Crippen LogP) is 3.88. The molecular formula is C11H5BrCl2N4. The molecule has 0 saturated carbocycles. The van der Waals surface area contributed by atoms with Gasteiger partial charge in [0.1, 0.15) is 17.8 Å². The maximum atomic E-state index is 6.11. The maximum absolute atomic E-state index is 6.11. The van der Waals surface area contributed by atoms with E-state index in [0.29, 0.717) is 10.2 Å². The largest absolute Gasteiger partial charge is 0.236 e. The van der Waals surface area contributed by atoms with E-state index in [9.17, 15) is 0 Å². The van der Waals surface area contributed by atoms with Crippen LogP contribution in [0.5, 0.6) is 0 Å². The third kappa shape index (κ3) is 1.98. The van der Waals surface area contributed by atoms with Crippen LogP contribution in [0.2, 0.25) is 10.2 Å². The number of pyridine rings is 1. The maximum Gasteiger partial charge on any atom is 0.138 e. The van der Waals surface area contributed by atoms with Crippen LogP contribution in [0.25, 0.3) is 16.6 Å². The Hall–Kier alpha value is -1.17. The quantitative estimate of drug-likeness (QED) is 0.630. The monoisotopic (exact) mass is 342 g/mol. The zero-order valence-corrected chi connectivity index (χ0v) is 11.9. The minimum Gasteiger partial charge on any atom is -0.236 e. The van der Waals surface area contributed by atoms with Crippen LogP contribution in [-0.4, -0.2) is 19.7 Å². The molecule has 0 spiro atoms. The van der Waals surface area contributed by atoms with Gasteiger partial charge in [0.2, 0.25) is 0 Å². The van der Waals surface area contributed by atoms with Crippen molar-refractivity contribution in [1.82, 2.24) is 19.7 Å². The molecule has 4 nitrogen and oxygen atoms in total. The van der Waals surface area contributed by atoms with Gasteiger partial charge in [0.15, 0.2) is 0 Å². The zero-order chi connectivity index (χ0) is 12.7. The Morgan fingerprint density at radius 2 is 2.00 bits per heavy atom. The Balaban J connectivity index is 2.40. The lowest BCUT2D eigenvalue weighted by molar-refractivity contribution is 0.884. The highest BCUT2D eigenvalue weighted by molar-refractivity contribution is 9.10. The van der Waals surface area contributed by atoms with Gasteiger partial charge >= 0.3 is 0 Å². The summed E-state index contributed by atoms with van der Waals surface area (Å²) >= 11 is 15.5. The van der Waals surface area contributed by atoms with E-state index >= 15 is 0 Å². The molecule has 3 aromatic rings. The van der Waals surface area contributed by atoms with Crippen molar-refractivity contribution < 1.29 is 0 Å². The summed E-state index contributed by atoms with van der Waals surface area (Å²) in [6.45, 7) is 0. The molecule has 0 N–H and O–H groups in total. The molecule has 2 heterocycles. The second-order valence-electron chi connectivity index (χ2n) is 3.59. The Bertz CT molecular complexity index is 727. The fraction of sp³-hybridized carbons (Fsp3) is 0. The van der Waals surface area contributed by atoms with Crippen LogP contribution in [0, 0.1) is 0 Å². The van der Waals surface area contributed by atoms with E-state index in [1.54, 1.807) is 17.1 Å². The normalized spacial score (nSPS) is 11.1. The summed E-state index contributed by atoms with van der Waals surface area (Å²) in [6, 6.07) is 5.37. The van der Waals surface area contributed by atoms with E-state index in [1.165, 1.54) is 6.33 Å². The van der Waals surface area contributed by atoms with Crippen LogP contribution in [-0.2, 0) is 0 Å². The summed E-state index contributed by atoms with van der Waals surface area (Å²) in [5, 5.41) is 5.95. The van der Waals surface area contributed by atoms with Gasteiger partial charge in [0, 0.05) is 15.9 Å². The summed E-state index contributed by atoms with van der Waals surface area (Å²) in [7, 11) is 0. The number of nitrogens with zero attached hydrogens (tertiary/aromatic N) is 4. The van der Waals surface area contributed by atoms with E-state index < -0.39 is 0 Å². The third-order valence-corrected chi connectivity index (χ3v) is 3.85. The fourth-order valence-electron chi connectivity index (χ4n) is 1.69. The first kappa shape index (κ1) is 11.9. The Morgan fingerprint density at radius 1 is 1.17 bits per heavy atom. The topological polar surface area (TPSA) is 43.6 Å². The lowest BCUT2D eigenvalue weighted by Crippen LogP contribution is -1.97. The first-order valence-electron chi connectivity index (χ1n) is 4.95. The van der Waals surface area contributed by atoms with Gasteiger partial charge in [-0.15, -0.1) is 0 Å². The highest BCUT2D eigenvalue weighted by Crippen LogP contribution is 2.31. The zero-order valence-electron chi connectivity index (χ0n) is 8.81. The van der Waals surface area contributed by atoms with E-state index in [0.717, 1.165) is 21.1 Å². The van der Waals surface area contributed by atoms with Gasteiger partial charge in [-0.1, -0.05) is 23.2 Å². The van der Waals surface area contributed by atoms with Crippen LogP contribution in [0.1, 0.15) is 0 Å². The molecule has 0 aliphatic carbocycles. The molecule has 0 aliphatic rings. The average molecular weight is 344 g/mol. The molecule has 0 fully saturated rings. The summed E-state index contributed by atoms with van der Waals surface area (Å²) in [5.74, 6) is 0. The minimum absolute atomic E-state index is 0.391. The molecule has 0 saturated heterocycles. The number of fused-ring (bicyclic) bond motifs is 1.